The van der Waals surface area contributed by atoms with Gasteiger partial charge >= 0.3 is 11.9 Å². The van der Waals surface area contributed by atoms with Crippen LogP contribution in [0.5, 0.6) is 11.5 Å². The minimum absolute atomic E-state index is 0.250. The summed E-state index contributed by atoms with van der Waals surface area (Å²) >= 11 is 6.96. The van der Waals surface area contributed by atoms with Gasteiger partial charge in [0.05, 0.1) is 26.4 Å². The topological polar surface area (TPSA) is 71.1 Å². The summed E-state index contributed by atoms with van der Waals surface area (Å²) in [4.78, 5) is 25.5. The van der Waals surface area contributed by atoms with Crippen molar-refractivity contribution in [2.75, 3.05) is 37.1 Å². The molecule has 0 spiro atoms. The van der Waals surface area contributed by atoms with Crippen LogP contribution in [0, 0.1) is 0 Å². The molecule has 0 fully saturated rings. The smallest absolute Gasteiger partial charge is 0.342 e. The third-order valence-electron chi connectivity index (χ3n) is 6.64. The van der Waals surface area contributed by atoms with Gasteiger partial charge in [-0.05, 0) is 51.7 Å². The Balaban J connectivity index is 2.72. The Morgan fingerprint density at radius 1 is 0.525 bits per heavy atom. The molecule has 0 unspecified atom stereocenters. The van der Waals surface area contributed by atoms with Gasteiger partial charge in [0.1, 0.15) is 22.6 Å². The second-order valence-electron chi connectivity index (χ2n) is 10.0. The average Bonchev–Trinajstić information content (AvgIpc) is 2.95. The summed E-state index contributed by atoms with van der Waals surface area (Å²) in [6, 6.07) is 3.16. The summed E-state index contributed by atoms with van der Waals surface area (Å²) in [5.41, 5.74) is 0.556. The first-order chi connectivity index (χ1) is 19.6. The van der Waals surface area contributed by atoms with Gasteiger partial charge in [0.2, 0.25) is 0 Å². The van der Waals surface area contributed by atoms with Crippen molar-refractivity contribution in [3.8, 4) is 11.5 Å². The number of unbranched alkanes of at least 4 members (excludes halogenated alkanes) is 14. The predicted octanol–water partition coefficient (Wildman–Crippen LogP) is 9.83. The SMILES string of the molecule is CCOC(=O)c1cc(OCCCCCCCCCCBr)c(C(=O)OCC)cc1OCCCCCCCCCCBr. The Labute approximate surface area is 259 Å². The van der Waals surface area contributed by atoms with Crippen LogP contribution in [0.1, 0.15) is 137 Å². The van der Waals surface area contributed by atoms with E-state index in [9.17, 15) is 9.59 Å². The normalized spacial score (nSPS) is 10.9. The fourth-order valence-corrected chi connectivity index (χ4v) is 5.21. The summed E-state index contributed by atoms with van der Waals surface area (Å²) in [6.45, 7) is 4.97. The molecule has 0 aliphatic rings. The molecule has 0 heterocycles. The van der Waals surface area contributed by atoms with Crippen LogP contribution in [0.3, 0.4) is 0 Å². The summed E-state index contributed by atoms with van der Waals surface area (Å²) in [5, 5.41) is 2.17. The zero-order valence-corrected chi connectivity index (χ0v) is 28.1. The van der Waals surface area contributed by atoms with Crippen molar-refractivity contribution in [2.45, 2.75) is 117 Å². The van der Waals surface area contributed by atoms with E-state index in [1.807, 2.05) is 0 Å². The molecule has 8 heteroatoms. The molecular formula is C32H52Br2O6. The van der Waals surface area contributed by atoms with E-state index in [-0.39, 0.29) is 24.3 Å². The van der Waals surface area contributed by atoms with Crippen LogP contribution < -0.4 is 9.47 Å². The fraction of sp³-hybridized carbons (Fsp3) is 0.750. The second kappa shape index (κ2) is 25.4. The molecule has 0 bridgehead atoms. The third kappa shape index (κ3) is 16.9. The van der Waals surface area contributed by atoms with Crippen molar-refractivity contribution in [3.63, 3.8) is 0 Å². The maximum atomic E-state index is 12.8. The number of benzene rings is 1. The first kappa shape index (κ1) is 36.7. The molecule has 0 aromatic heterocycles. The van der Waals surface area contributed by atoms with Crippen LogP contribution in [-0.2, 0) is 9.47 Å². The highest BCUT2D eigenvalue weighted by molar-refractivity contribution is 9.09. The van der Waals surface area contributed by atoms with Gasteiger partial charge < -0.3 is 18.9 Å². The number of halogens is 2. The van der Waals surface area contributed by atoms with Gasteiger partial charge in [-0.25, -0.2) is 9.59 Å². The van der Waals surface area contributed by atoms with E-state index in [4.69, 9.17) is 18.9 Å². The molecule has 0 amide bonds. The molecule has 0 saturated heterocycles. The van der Waals surface area contributed by atoms with Gasteiger partial charge in [0.15, 0.2) is 0 Å². The Kier molecular flexibility index (Phi) is 23.4. The molecule has 0 atom stereocenters. The number of esters is 2. The van der Waals surface area contributed by atoms with Crippen molar-refractivity contribution in [1.82, 2.24) is 0 Å². The van der Waals surface area contributed by atoms with Gasteiger partial charge in [-0.2, -0.15) is 0 Å². The van der Waals surface area contributed by atoms with E-state index < -0.39 is 11.9 Å². The molecule has 230 valence electrons. The van der Waals surface area contributed by atoms with Gasteiger partial charge in [0.25, 0.3) is 0 Å². The standard InChI is InChI=1S/C32H52Br2O6/c1-3-37-31(35)27-25-30(40-24-20-16-12-8-6-10-14-18-22-34)28(32(36)38-4-2)26-29(27)39-23-19-15-11-7-5-9-13-17-21-33/h25-26H,3-24H2,1-2H3. The lowest BCUT2D eigenvalue weighted by molar-refractivity contribution is 0.0503. The minimum Gasteiger partial charge on any atom is -0.493 e. The van der Waals surface area contributed by atoms with Gasteiger partial charge in [-0.3, -0.25) is 0 Å². The summed E-state index contributed by atoms with van der Waals surface area (Å²) in [6.07, 6.45) is 18.8. The Bertz CT molecular complexity index is 736. The maximum absolute atomic E-state index is 12.8. The van der Waals surface area contributed by atoms with Crippen LogP contribution >= 0.6 is 31.9 Å². The summed E-state index contributed by atoms with van der Waals surface area (Å²) in [7, 11) is 0. The van der Waals surface area contributed by atoms with Gasteiger partial charge in [-0.1, -0.05) is 109 Å². The van der Waals surface area contributed by atoms with E-state index in [0.29, 0.717) is 24.7 Å². The lowest BCUT2D eigenvalue weighted by atomic mass is 10.1. The van der Waals surface area contributed by atoms with Crippen molar-refractivity contribution >= 4 is 43.8 Å². The number of hydrogen-bond acceptors (Lipinski definition) is 6. The molecule has 6 nitrogen and oxygen atoms in total. The van der Waals surface area contributed by atoms with Crippen LogP contribution in [-0.4, -0.2) is 49.0 Å². The zero-order chi connectivity index (χ0) is 29.3. The maximum Gasteiger partial charge on any atom is 0.342 e. The lowest BCUT2D eigenvalue weighted by Crippen LogP contribution is -2.14. The molecule has 0 N–H and O–H groups in total. The Morgan fingerprint density at radius 3 is 1.12 bits per heavy atom. The van der Waals surface area contributed by atoms with Crippen LogP contribution in [0.2, 0.25) is 0 Å². The van der Waals surface area contributed by atoms with Gasteiger partial charge in [0, 0.05) is 10.7 Å². The summed E-state index contributed by atoms with van der Waals surface area (Å²) < 4.78 is 22.6. The van der Waals surface area contributed by atoms with E-state index in [0.717, 1.165) is 36.3 Å². The highest BCUT2D eigenvalue weighted by Crippen LogP contribution is 2.31. The Morgan fingerprint density at radius 2 is 0.825 bits per heavy atom. The molecular weight excluding hydrogens is 640 g/mol. The lowest BCUT2D eigenvalue weighted by Gasteiger charge is -2.16. The van der Waals surface area contributed by atoms with E-state index in [1.165, 1.54) is 77.0 Å². The highest BCUT2D eigenvalue weighted by atomic mass is 79.9. The quantitative estimate of drug-likeness (QED) is 0.0547. The number of carbonyl (C=O) groups excluding carboxylic acids is 2. The van der Waals surface area contributed by atoms with Crippen LogP contribution in [0.4, 0.5) is 0 Å². The number of hydrogen-bond donors (Lipinski definition) is 0. The number of carbonyl (C=O) groups is 2. The molecule has 1 aromatic carbocycles. The average molecular weight is 693 g/mol. The minimum atomic E-state index is -0.485. The van der Waals surface area contributed by atoms with Crippen molar-refractivity contribution in [2.24, 2.45) is 0 Å². The summed E-state index contributed by atoms with van der Waals surface area (Å²) in [5.74, 6) is -0.297. The molecule has 0 saturated carbocycles. The molecule has 0 radical (unpaired) electrons. The van der Waals surface area contributed by atoms with Crippen molar-refractivity contribution in [1.29, 1.82) is 0 Å². The van der Waals surface area contributed by atoms with Crippen molar-refractivity contribution in [3.05, 3.63) is 23.3 Å². The zero-order valence-electron chi connectivity index (χ0n) is 24.9. The number of alkyl halides is 2. The largest absolute Gasteiger partial charge is 0.493 e. The van der Waals surface area contributed by atoms with Crippen LogP contribution in [0.15, 0.2) is 12.1 Å². The van der Waals surface area contributed by atoms with E-state index >= 15 is 0 Å². The molecule has 40 heavy (non-hydrogen) atoms. The first-order valence-corrected chi connectivity index (χ1v) is 17.7. The molecule has 0 aliphatic carbocycles. The van der Waals surface area contributed by atoms with Crippen molar-refractivity contribution < 1.29 is 28.5 Å². The van der Waals surface area contributed by atoms with Crippen LogP contribution in [0.25, 0.3) is 0 Å². The predicted molar refractivity (Wildman–Crippen MR) is 171 cm³/mol. The number of rotatable bonds is 26. The second-order valence-corrected chi connectivity index (χ2v) is 11.6. The van der Waals surface area contributed by atoms with E-state index in [2.05, 4.69) is 31.9 Å². The molecule has 0 aliphatic heterocycles. The first-order valence-electron chi connectivity index (χ1n) is 15.5. The molecule has 1 aromatic rings. The monoisotopic (exact) mass is 690 g/mol. The highest BCUT2D eigenvalue weighted by Gasteiger charge is 2.23. The van der Waals surface area contributed by atoms with Gasteiger partial charge in [-0.15, -0.1) is 0 Å². The number of ether oxygens (including phenoxy) is 4. The fourth-order valence-electron chi connectivity index (χ4n) is 4.41. The molecule has 1 rings (SSSR count). The third-order valence-corrected chi connectivity index (χ3v) is 7.77. The van der Waals surface area contributed by atoms with E-state index in [1.54, 1.807) is 26.0 Å². The Hall–Kier alpha value is -1.28.